The molecular formula is C7H10N2S. The van der Waals surface area contributed by atoms with Crippen molar-refractivity contribution in [2.75, 3.05) is 5.75 Å². The predicted octanol–water partition coefficient (Wildman–Crippen LogP) is 1.98. The Morgan fingerprint density at radius 1 is 1.70 bits per heavy atom. The second kappa shape index (κ2) is 2.66. The summed E-state index contributed by atoms with van der Waals surface area (Å²) in [6, 6.07) is 2.07. The summed E-state index contributed by atoms with van der Waals surface area (Å²) in [6.45, 7) is 0. The second-order valence-corrected chi connectivity index (χ2v) is 3.82. The monoisotopic (exact) mass is 154 g/mol. The van der Waals surface area contributed by atoms with E-state index in [2.05, 4.69) is 16.3 Å². The van der Waals surface area contributed by atoms with E-state index in [1.165, 1.54) is 24.3 Å². The van der Waals surface area contributed by atoms with Crippen LogP contribution >= 0.6 is 11.8 Å². The fourth-order valence-corrected chi connectivity index (χ4v) is 2.53. The number of aromatic nitrogens is 2. The van der Waals surface area contributed by atoms with Crippen molar-refractivity contribution in [3.63, 3.8) is 0 Å². The first-order valence-electron chi connectivity index (χ1n) is 3.58. The molecule has 54 valence electrons. The van der Waals surface area contributed by atoms with E-state index in [1.807, 2.05) is 18.0 Å². The zero-order valence-corrected chi connectivity index (χ0v) is 6.53. The predicted molar refractivity (Wildman–Crippen MR) is 43.0 cm³/mol. The van der Waals surface area contributed by atoms with E-state index >= 15 is 0 Å². The van der Waals surface area contributed by atoms with Crippen molar-refractivity contribution in [2.45, 2.75) is 18.1 Å². The lowest BCUT2D eigenvalue weighted by Crippen LogP contribution is -1.87. The third kappa shape index (κ3) is 1.06. The maximum absolute atomic E-state index is 3.93. The Morgan fingerprint density at radius 3 is 3.30 bits per heavy atom. The van der Waals surface area contributed by atoms with Gasteiger partial charge in [-0.05, 0) is 24.7 Å². The Bertz CT molecular complexity index is 189. The van der Waals surface area contributed by atoms with E-state index in [-0.39, 0.29) is 0 Å². The molecule has 1 unspecified atom stereocenters. The van der Waals surface area contributed by atoms with Crippen LogP contribution in [0.25, 0.3) is 0 Å². The Labute approximate surface area is 64.4 Å². The molecule has 0 amide bonds. The highest BCUT2D eigenvalue weighted by Gasteiger charge is 2.17. The number of hydrogen-bond donors (Lipinski definition) is 1. The lowest BCUT2D eigenvalue weighted by atomic mass is 10.2. The third-order valence-corrected chi connectivity index (χ3v) is 3.22. The van der Waals surface area contributed by atoms with Crippen LogP contribution in [0.3, 0.4) is 0 Å². The Morgan fingerprint density at radius 2 is 2.70 bits per heavy atom. The molecular weight excluding hydrogens is 144 g/mol. The highest BCUT2D eigenvalue weighted by atomic mass is 32.2. The second-order valence-electron chi connectivity index (χ2n) is 2.51. The molecule has 1 N–H and O–H groups in total. The van der Waals surface area contributed by atoms with Gasteiger partial charge in [0.1, 0.15) is 0 Å². The SMILES string of the molecule is c1cc(C2CCCS2)[nH]n1. The molecule has 2 heterocycles. The summed E-state index contributed by atoms with van der Waals surface area (Å²) in [5, 5.41) is 7.63. The molecule has 0 aromatic carbocycles. The van der Waals surface area contributed by atoms with Gasteiger partial charge in [-0.2, -0.15) is 16.9 Å². The number of nitrogens with zero attached hydrogens (tertiary/aromatic N) is 1. The Balaban J connectivity index is 2.12. The number of rotatable bonds is 1. The van der Waals surface area contributed by atoms with Gasteiger partial charge in [0.15, 0.2) is 0 Å². The van der Waals surface area contributed by atoms with Crippen LogP contribution < -0.4 is 0 Å². The first kappa shape index (κ1) is 6.28. The van der Waals surface area contributed by atoms with E-state index in [0.717, 1.165) is 0 Å². The van der Waals surface area contributed by atoms with Gasteiger partial charge in [0.2, 0.25) is 0 Å². The lowest BCUT2D eigenvalue weighted by molar-refractivity contribution is 0.800. The van der Waals surface area contributed by atoms with Crippen LogP contribution in [-0.2, 0) is 0 Å². The number of aromatic amines is 1. The normalized spacial score (nSPS) is 25.4. The van der Waals surface area contributed by atoms with Crippen molar-refractivity contribution < 1.29 is 0 Å². The van der Waals surface area contributed by atoms with E-state index in [1.54, 1.807) is 0 Å². The molecule has 0 bridgehead atoms. The average Bonchev–Trinajstić information content (AvgIpc) is 2.59. The summed E-state index contributed by atoms with van der Waals surface area (Å²) in [4.78, 5) is 0. The van der Waals surface area contributed by atoms with Crippen molar-refractivity contribution in [1.82, 2.24) is 10.2 Å². The molecule has 1 aromatic rings. The number of H-pyrrole nitrogens is 1. The standard InChI is InChI=1S/C7H10N2S/c1-2-7(10-5-1)6-3-4-8-9-6/h3-4,7H,1-2,5H2,(H,8,9). The summed E-state index contributed by atoms with van der Waals surface area (Å²) in [5.41, 5.74) is 1.29. The minimum atomic E-state index is 0.697. The fraction of sp³-hybridized carbons (Fsp3) is 0.571. The zero-order valence-electron chi connectivity index (χ0n) is 5.71. The largest absolute Gasteiger partial charge is 0.281 e. The first-order chi connectivity index (χ1) is 4.97. The molecule has 0 saturated carbocycles. The number of thioether (sulfide) groups is 1. The van der Waals surface area contributed by atoms with Gasteiger partial charge < -0.3 is 0 Å². The van der Waals surface area contributed by atoms with Crippen LogP contribution in [0, 0.1) is 0 Å². The summed E-state index contributed by atoms with van der Waals surface area (Å²) >= 11 is 2.03. The van der Waals surface area contributed by atoms with Gasteiger partial charge in [-0.15, -0.1) is 0 Å². The van der Waals surface area contributed by atoms with E-state index < -0.39 is 0 Å². The van der Waals surface area contributed by atoms with Crippen LogP contribution in [0.1, 0.15) is 23.8 Å². The minimum Gasteiger partial charge on any atom is -0.281 e. The maximum atomic E-state index is 3.93. The zero-order chi connectivity index (χ0) is 6.81. The van der Waals surface area contributed by atoms with Gasteiger partial charge in [0.05, 0.1) is 0 Å². The highest BCUT2D eigenvalue weighted by Crippen LogP contribution is 2.38. The molecule has 1 atom stereocenters. The van der Waals surface area contributed by atoms with Gasteiger partial charge in [-0.3, -0.25) is 5.10 Å². The highest BCUT2D eigenvalue weighted by molar-refractivity contribution is 7.99. The molecule has 1 saturated heterocycles. The van der Waals surface area contributed by atoms with Crippen molar-refractivity contribution in [2.24, 2.45) is 0 Å². The van der Waals surface area contributed by atoms with E-state index in [9.17, 15) is 0 Å². The quantitative estimate of drug-likeness (QED) is 0.670. The summed E-state index contributed by atoms with van der Waals surface area (Å²) < 4.78 is 0. The Kier molecular flexibility index (Phi) is 1.67. The molecule has 1 aliphatic rings. The van der Waals surface area contributed by atoms with Gasteiger partial charge in [-0.1, -0.05) is 0 Å². The molecule has 0 radical (unpaired) electrons. The van der Waals surface area contributed by atoms with E-state index in [0.29, 0.717) is 5.25 Å². The average molecular weight is 154 g/mol. The van der Waals surface area contributed by atoms with Gasteiger partial charge >= 0.3 is 0 Å². The summed E-state index contributed by atoms with van der Waals surface area (Å²) in [6.07, 6.45) is 4.50. The molecule has 2 nitrogen and oxygen atoms in total. The minimum absolute atomic E-state index is 0.697. The van der Waals surface area contributed by atoms with Crippen LogP contribution in [-0.4, -0.2) is 16.0 Å². The Hall–Kier alpha value is -0.440. The molecule has 0 aliphatic carbocycles. The molecule has 1 aliphatic heterocycles. The van der Waals surface area contributed by atoms with E-state index in [4.69, 9.17) is 0 Å². The number of nitrogens with one attached hydrogen (secondary N) is 1. The molecule has 10 heavy (non-hydrogen) atoms. The van der Waals surface area contributed by atoms with Crippen LogP contribution in [0.2, 0.25) is 0 Å². The maximum Gasteiger partial charge on any atom is 0.0490 e. The third-order valence-electron chi connectivity index (χ3n) is 1.80. The van der Waals surface area contributed by atoms with Gasteiger partial charge in [0, 0.05) is 17.1 Å². The molecule has 3 heteroatoms. The van der Waals surface area contributed by atoms with Gasteiger partial charge in [-0.25, -0.2) is 0 Å². The van der Waals surface area contributed by atoms with Crippen molar-refractivity contribution in [3.8, 4) is 0 Å². The summed E-state index contributed by atoms with van der Waals surface area (Å²) in [7, 11) is 0. The lowest BCUT2D eigenvalue weighted by Gasteiger charge is -2.02. The fourth-order valence-electron chi connectivity index (χ4n) is 1.27. The van der Waals surface area contributed by atoms with Crippen molar-refractivity contribution >= 4 is 11.8 Å². The molecule has 2 rings (SSSR count). The van der Waals surface area contributed by atoms with Gasteiger partial charge in [0.25, 0.3) is 0 Å². The van der Waals surface area contributed by atoms with Crippen LogP contribution in [0.15, 0.2) is 12.3 Å². The van der Waals surface area contributed by atoms with Crippen molar-refractivity contribution in [3.05, 3.63) is 18.0 Å². The number of hydrogen-bond acceptors (Lipinski definition) is 2. The topological polar surface area (TPSA) is 28.7 Å². The van der Waals surface area contributed by atoms with Crippen molar-refractivity contribution in [1.29, 1.82) is 0 Å². The molecule has 0 spiro atoms. The first-order valence-corrected chi connectivity index (χ1v) is 4.62. The van der Waals surface area contributed by atoms with Crippen LogP contribution in [0.5, 0.6) is 0 Å². The smallest absolute Gasteiger partial charge is 0.0490 e. The molecule has 1 fully saturated rings. The summed E-state index contributed by atoms with van der Waals surface area (Å²) in [5.74, 6) is 1.31. The van der Waals surface area contributed by atoms with Crippen LogP contribution in [0.4, 0.5) is 0 Å². The molecule has 1 aromatic heterocycles.